The van der Waals surface area contributed by atoms with Gasteiger partial charge in [0.25, 0.3) is 5.91 Å². The standard InChI is InChI=1S/C21H23NO3/c1-4-19-21(24)22(12-15-5-8-17(9-6-15)14(2)3)18-11-16(13-23)7-10-20(18)25-19/h5-11,13-14,19H,4,12H2,1-3H3. The zero-order chi connectivity index (χ0) is 18.0. The Hall–Kier alpha value is -2.62. The van der Waals surface area contributed by atoms with Gasteiger partial charge < -0.3 is 9.64 Å². The van der Waals surface area contributed by atoms with E-state index in [1.54, 1.807) is 23.1 Å². The Kier molecular flexibility index (Phi) is 4.88. The van der Waals surface area contributed by atoms with Crippen LogP contribution in [0.25, 0.3) is 0 Å². The molecule has 0 saturated heterocycles. The lowest BCUT2D eigenvalue weighted by Crippen LogP contribution is -2.45. The van der Waals surface area contributed by atoms with Crippen molar-refractivity contribution >= 4 is 17.9 Å². The highest BCUT2D eigenvalue weighted by atomic mass is 16.5. The summed E-state index contributed by atoms with van der Waals surface area (Å²) in [6.07, 6.45) is 0.910. The van der Waals surface area contributed by atoms with E-state index in [1.807, 2.05) is 6.92 Å². The Balaban J connectivity index is 1.95. The van der Waals surface area contributed by atoms with Gasteiger partial charge in [0.1, 0.15) is 12.0 Å². The van der Waals surface area contributed by atoms with Crippen LogP contribution in [0.1, 0.15) is 54.6 Å². The van der Waals surface area contributed by atoms with Gasteiger partial charge in [0.2, 0.25) is 0 Å². The fourth-order valence-corrected chi connectivity index (χ4v) is 3.03. The van der Waals surface area contributed by atoms with Crippen LogP contribution in [0.5, 0.6) is 5.75 Å². The smallest absolute Gasteiger partial charge is 0.268 e. The van der Waals surface area contributed by atoms with E-state index in [4.69, 9.17) is 4.74 Å². The van der Waals surface area contributed by atoms with Gasteiger partial charge in [0, 0.05) is 5.56 Å². The number of rotatable bonds is 5. The highest BCUT2D eigenvalue weighted by Crippen LogP contribution is 2.36. The Morgan fingerprint density at radius 3 is 2.48 bits per heavy atom. The molecule has 0 fully saturated rings. The first-order valence-corrected chi connectivity index (χ1v) is 8.69. The number of hydrogen-bond donors (Lipinski definition) is 0. The lowest BCUT2D eigenvalue weighted by atomic mass is 10.0. The third kappa shape index (κ3) is 3.43. The molecule has 130 valence electrons. The van der Waals surface area contributed by atoms with Crippen LogP contribution in [0.4, 0.5) is 5.69 Å². The van der Waals surface area contributed by atoms with Crippen LogP contribution in [0.2, 0.25) is 0 Å². The van der Waals surface area contributed by atoms with Gasteiger partial charge in [0.15, 0.2) is 6.10 Å². The normalized spacial score (nSPS) is 16.6. The molecule has 0 aromatic heterocycles. The van der Waals surface area contributed by atoms with Crippen LogP contribution in [0.15, 0.2) is 42.5 Å². The second-order valence-electron chi connectivity index (χ2n) is 6.68. The quantitative estimate of drug-likeness (QED) is 0.763. The van der Waals surface area contributed by atoms with Crippen LogP contribution < -0.4 is 9.64 Å². The van der Waals surface area contributed by atoms with E-state index < -0.39 is 6.10 Å². The van der Waals surface area contributed by atoms with Crippen LogP contribution in [0.3, 0.4) is 0 Å². The summed E-state index contributed by atoms with van der Waals surface area (Å²) >= 11 is 0. The molecule has 1 atom stereocenters. The SMILES string of the molecule is CCC1Oc2ccc(C=O)cc2N(Cc2ccc(C(C)C)cc2)C1=O. The monoisotopic (exact) mass is 337 g/mol. The first-order chi connectivity index (χ1) is 12.0. The van der Waals surface area contributed by atoms with Crippen LogP contribution in [-0.2, 0) is 11.3 Å². The molecule has 2 aromatic carbocycles. The Morgan fingerprint density at radius 2 is 1.88 bits per heavy atom. The zero-order valence-electron chi connectivity index (χ0n) is 14.9. The molecule has 1 aliphatic heterocycles. The van der Waals surface area contributed by atoms with Crippen LogP contribution in [0, 0.1) is 0 Å². The van der Waals surface area contributed by atoms with E-state index in [9.17, 15) is 9.59 Å². The molecular weight excluding hydrogens is 314 g/mol. The third-order valence-electron chi connectivity index (χ3n) is 4.58. The van der Waals surface area contributed by atoms with Gasteiger partial charge in [-0.1, -0.05) is 45.0 Å². The van der Waals surface area contributed by atoms with Gasteiger partial charge in [-0.25, -0.2) is 0 Å². The molecule has 0 aliphatic carbocycles. The number of benzene rings is 2. The van der Waals surface area contributed by atoms with Crippen LogP contribution in [-0.4, -0.2) is 18.3 Å². The summed E-state index contributed by atoms with van der Waals surface area (Å²) in [5.74, 6) is 1.06. The fraction of sp³-hybridized carbons (Fsp3) is 0.333. The molecule has 1 unspecified atom stereocenters. The number of nitrogens with zero attached hydrogens (tertiary/aromatic N) is 1. The first kappa shape index (κ1) is 17.2. The summed E-state index contributed by atoms with van der Waals surface area (Å²) in [4.78, 5) is 25.7. The Labute approximate surface area is 148 Å². The van der Waals surface area contributed by atoms with Crippen molar-refractivity contribution in [2.45, 2.75) is 45.8 Å². The Morgan fingerprint density at radius 1 is 1.16 bits per heavy atom. The maximum Gasteiger partial charge on any atom is 0.268 e. The third-order valence-corrected chi connectivity index (χ3v) is 4.58. The summed E-state index contributed by atoms with van der Waals surface area (Å²) in [5.41, 5.74) is 3.52. The van der Waals surface area contributed by atoms with Gasteiger partial charge in [-0.15, -0.1) is 0 Å². The number of fused-ring (bicyclic) bond motifs is 1. The molecule has 3 rings (SSSR count). The van der Waals surface area contributed by atoms with Crippen molar-refractivity contribution in [3.05, 3.63) is 59.2 Å². The lowest BCUT2D eigenvalue weighted by molar-refractivity contribution is -0.126. The molecule has 0 spiro atoms. The summed E-state index contributed by atoms with van der Waals surface area (Å²) in [6, 6.07) is 13.5. The van der Waals surface area contributed by atoms with E-state index in [2.05, 4.69) is 38.1 Å². The minimum Gasteiger partial charge on any atom is -0.478 e. The number of aldehydes is 1. The average molecular weight is 337 g/mol. The first-order valence-electron chi connectivity index (χ1n) is 8.69. The largest absolute Gasteiger partial charge is 0.478 e. The molecule has 1 amide bonds. The van der Waals surface area contributed by atoms with Gasteiger partial charge >= 0.3 is 0 Å². The molecule has 1 aliphatic rings. The predicted molar refractivity (Wildman–Crippen MR) is 98.3 cm³/mol. The highest BCUT2D eigenvalue weighted by molar-refractivity contribution is 6.00. The molecule has 0 saturated carbocycles. The zero-order valence-corrected chi connectivity index (χ0v) is 14.9. The fourth-order valence-electron chi connectivity index (χ4n) is 3.03. The summed E-state index contributed by atoms with van der Waals surface area (Å²) in [5, 5.41) is 0. The van der Waals surface area contributed by atoms with Crippen molar-refractivity contribution < 1.29 is 14.3 Å². The number of anilines is 1. The second-order valence-corrected chi connectivity index (χ2v) is 6.68. The van der Waals surface area contributed by atoms with Gasteiger partial charge in [-0.3, -0.25) is 9.59 Å². The number of ether oxygens (including phenoxy) is 1. The van der Waals surface area contributed by atoms with Gasteiger partial charge in [-0.05, 0) is 41.7 Å². The molecule has 0 radical (unpaired) electrons. The summed E-state index contributed by atoms with van der Waals surface area (Å²) in [6.45, 7) is 6.71. The topological polar surface area (TPSA) is 46.6 Å². The van der Waals surface area contributed by atoms with E-state index in [-0.39, 0.29) is 5.91 Å². The molecule has 2 aromatic rings. The molecule has 0 N–H and O–H groups in total. The molecule has 4 heteroatoms. The molecule has 0 bridgehead atoms. The second kappa shape index (κ2) is 7.09. The Bertz CT molecular complexity index is 780. The van der Waals surface area contributed by atoms with Crippen molar-refractivity contribution in [3.8, 4) is 5.75 Å². The number of carbonyl (C=O) groups excluding carboxylic acids is 2. The summed E-state index contributed by atoms with van der Waals surface area (Å²) < 4.78 is 5.80. The van der Waals surface area contributed by atoms with Crippen molar-refractivity contribution in [1.29, 1.82) is 0 Å². The van der Waals surface area contributed by atoms with Crippen LogP contribution >= 0.6 is 0 Å². The summed E-state index contributed by atoms with van der Waals surface area (Å²) in [7, 11) is 0. The number of carbonyl (C=O) groups is 2. The van der Waals surface area contributed by atoms with Crippen molar-refractivity contribution in [2.75, 3.05) is 4.90 Å². The van der Waals surface area contributed by atoms with Gasteiger partial charge in [0.05, 0.1) is 12.2 Å². The van der Waals surface area contributed by atoms with E-state index in [1.165, 1.54) is 5.56 Å². The minimum absolute atomic E-state index is 0.0639. The van der Waals surface area contributed by atoms with E-state index >= 15 is 0 Å². The number of hydrogen-bond acceptors (Lipinski definition) is 3. The molecule has 4 nitrogen and oxygen atoms in total. The number of amides is 1. The molecule has 25 heavy (non-hydrogen) atoms. The van der Waals surface area contributed by atoms with Gasteiger partial charge in [-0.2, -0.15) is 0 Å². The highest BCUT2D eigenvalue weighted by Gasteiger charge is 2.33. The van der Waals surface area contributed by atoms with Crippen molar-refractivity contribution in [1.82, 2.24) is 0 Å². The lowest BCUT2D eigenvalue weighted by Gasteiger charge is -2.34. The predicted octanol–water partition coefficient (Wildman–Crippen LogP) is 4.33. The maximum absolute atomic E-state index is 12.8. The average Bonchev–Trinajstić information content (AvgIpc) is 2.63. The van der Waals surface area contributed by atoms with Crippen molar-refractivity contribution in [2.24, 2.45) is 0 Å². The minimum atomic E-state index is -0.482. The van der Waals surface area contributed by atoms with Crippen molar-refractivity contribution in [3.63, 3.8) is 0 Å². The molecular formula is C21H23NO3. The van der Waals surface area contributed by atoms with E-state index in [0.29, 0.717) is 35.9 Å². The maximum atomic E-state index is 12.8. The molecule has 1 heterocycles. The van der Waals surface area contributed by atoms with E-state index in [0.717, 1.165) is 11.8 Å².